The highest BCUT2D eigenvalue weighted by Gasteiger charge is 2.23. The Morgan fingerprint density at radius 2 is 1.50 bits per heavy atom. The van der Waals surface area contributed by atoms with Crippen LogP contribution in [0.5, 0.6) is 0 Å². The number of carbonyl (C=O) groups excluding carboxylic acids is 3. The van der Waals surface area contributed by atoms with Crippen LogP contribution in [-0.2, 0) is 16.1 Å². The van der Waals surface area contributed by atoms with E-state index in [1.54, 1.807) is 24.4 Å². The Morgan fingerprint density at radius 1 is 0.833 bits per heavy atom. The fourth-order valence-electron chi connectivity index (χ4n) is 3.86. The van der Waals surface area contributed by atoms with Crippen LogP contribution >= 0.6 is 0 Å². The predicted octanol–water partition coefficient (Wildman–Crippen LogP) is 4.90. The van der Waals surface area contributed by atoms with Gasteiger partial charge < -0.3 is 15.4 Å². The van der Waals surface area contributed by atoms with Crippen molar-refractivity contribution in [3.05, 3.63) is 102 Å². The van der Waals surface area contributed by atoms with Crippen LogP contribution in [0.15, 0.2) is 85.1 Å². The van der Waals surface area contributed by atoms with Gasteiger partial charge in [0.25, 0.3) is 0 Å². The lowest BCUT2D eigenvalue weighted by Crippen LogP contribution is -2.30. The molecule has 7 nitrogen and oxygen atoms in total. The van der Waals surface area contributed by atoms with Crippen LogP contribution in [0.2, 0.25) is 0 Å². The fourth-order valence-corrected chi connectivity index (χ4v) is 3.86. The van der Waals surface area contributed by atoms with Crippen molar-refractivity contribution in [2.45, 2.75) is 38.7 Å². The first-order valence-corrected chi connectivity index (χ1v) is 12.2. The molecular formula is C29H33N3O4. The van der Waals surface area contributed by atoms with E-state index >= 15 is 0 Å². The minimum Gasteiger partial charge on any atom is -0.445 e. The number of ether oxygens (including phenoxy) is 1. The molecule has 0 saturated heterocycles. The molecule has 3 rings (SSSR count). The Kier molecular flexibility index (Phi) is 10.6. The van der Waals surface area contributed by atoms with Gasteiger partial charge in [0.15, 0.2) is 5.78 Å². The van der Waals surface area contributed by atoms with Gasteiger partial charge in [0.05, 0.1) is 5.92 Å². The second-order valence-electron chi connectivity index (χ2n) is 8.77. The number of alkyl carbamates (subject to hydrolysis) is 1. The first-order chi connectivity index (χ1) is 17.5. The van der Waals surface area contributed by atoms with Gasteiger partial charge in [0.1, 0.15) is 12.3 Å². The molecule has 0 spiro atoms. The minimum atomic E-state index is -0.472. The topological polar surface area (TPSA) is 97.4 Å². The van der Waals surface area contributed by atoms with Gasteiger partial charge in [0.2, 0.25) is 5.91 Å². The summed E-state index contributed by atoms with van der Waals surface area (Å²) in [6.07, 6.45) is 2.61. The van der Waals surface area contributed by atoms with E-state index in [2.05, 4.69) is 15.6 Å². The average molecular weight is 488 g/mol. The lowest BCUT2D eigenvalue weighted by molar-refractivity contribution is -0.121. The molecule has 36 heavy (non-hydrogen) atoms. The summed E-state index contributed by atoms with van der Waals surface area (Å²) in [4.78, 5) is 41.6. The zero-order valence-electron chi connectivity index (χ0n) is 20.6. The summed E-state index contributed by atoms with van der Waals surface area (Å²) in [7, 11) is 0. The summed E-state index contributed by atoms with van der Waals surface area (Å²) < 4.78 is 5.19. The Bertz CT molecular complexity index is 1090. The highest BCUT2D eigenvalue weighted by molar-refractivity contribution is 5.99. The van der Waals surface area contributed by atoms with Gasteiger partial charge >= 0.3 is 6.09 Å². The lowest BCUT2D eigenvalue weighted by atomic mass is 9.89. The Morgan fingerprint density at radius 3 is 2.19 bits per heavy atom. The molecular weight excluding hydrogens is 454 g/mol. The summed E-state index contributed by atoms with van der Waals surface area (Å²) in [5.74, 6) is -0.440. The number of nitrogens with zero attached hydrogens (tertiary/aromatic N) is 1. The molecule has 7 heteroatoms. The van der Waals surface area contributed by atoms with Gasteiger partial charge in [-0.05, 0) is 42.0 Å². The van der Waals surface area contributed by atoms with Crippen molar-refractivity contribution in [3.8, 4) is 0 Å². The fraction of sp³-hybridized carbons (Fsp3) is 0.310. The molecule has 2 atom stereocenters. The van der Waals surface area contributed by atoms with Crippen LogP contribution in [0.25, 0.3) is 0 Å². The van der Waals surface area contributed by atoms with Crippen molar-refractivity contribution in [2.24, 2.45) is 5.92 Å². The molecule has 0 aliphatic heterocycles. The summed E-state index contributed by atoms with van der Waals surface area (Å²) in [6, 6.07) is 24.3. The predicted molar refractivity (Wildman–Crippen MR) is 138 cm³/mol. The summed E-state index contributed by atoms with van der Waals surface area (Å²) in [5, 5.41) is 5.66. The van der Waals surface area contributed by atoms with E-state index in [0.29, 0.717) is 38.0 Å². The largest absolute Gasteiger partial charge is 0.445 e. The molecule has 0 fully saturated rings. The first-order valence-electron chi connectivity index (χ1n) is 12.2. The first kappa shape index (κ1) is 26.6. The van der Waals surface area contributed by atoms with Gasteiger partial charge in [-0.1, -0.05) is 73.7 Å². The zero-order chi connectivity index (χ0) is 25.6. The average Bonchev–Trinajstić information content (AvgIpc) is 2.91. The third kappa shape index (κ3) is 8.98. The van der Waals surface area contributed by atoms with Gasteiger partial charge in [-0.2, -0.15) is 0 Å². The number of aromatic nitrogens is 1. The third-order valence-corrected chi connectivity index (χ3v) is 5.84. The standard InChI is InChI=1S/C29H33N3O4/c1-22(15-18-32-29(35)36-21-23-10-4-2-5-11-23)20-27(33)31-19-16-25(24-12-6-3-7-13-24)28(34)26-14-8-9-17-30-26/h2-14,17,22,25H,15-16,18-21H2,1H3,(H,31,33)(H,32,35). The molecule has 1 aromatic heterocycles. The number of pyridine rings is 1. The van der Waals surface area contributed by atoms with Gasteiger partial charge in [-0.3, -0.25) is 14.6 Å². The molecule has 3 aromatic rings. The molecule has 2 amide bonds. The van der Waals surface area contributed by atoms with E-state index < -0.39 is 6.09 Å². The number of nitrogens with one attached hydrogen (secondary N) is 2. The van der Waals surface area contributed by atoms with Crippen molar-refractivity contribution in [2.75, 3.05) is 13.1 Å². The zero-order valence-corrected chi connectivity index (χ0v) is 20.6. The van der Waals surface area contributed by atoms with Crippen LogP contribution < -0.4 is 10.6 Å². The smallest absolute Gasteiger partial charge is 0.407 e. The van der Waals surface area contributed by atoms with E-state index in [4.69, 9.17) is 4.74 Å². The van der Waals surface area contributed by atoms with Crippen molar-refractivity contribution < 1.29 is 19.1 Å². The summed E-state index contributed by atoms with van der Waals surface area (Å²) in [5.41, 5.74) is 2.25. The Balaban J connectivity index is 1.38. The maximum Gasteiger partial charge on any atom is 0.407 e. The Hall–Kier alpha value is -4.00. The molecule has 0 saturated carbocycles. The van der Waals surface area contributed by atoms with Crippen molar-refractivity contribution in [1.29, 1.82) is 0 Å². The molecule has 0 aliphatic carbocycles. The van der Waals surface area contributed by atoms with Crippen LogP contribution in [0.1, 0.15) is 53.7 Å². The maximum absolute atomic E-state index is 13.1. The van der Waals surface area contributed by atoms with E-state index in [-0.39, 0.29) is 30.1 Å². The third-order valence-electron chi connectivity index (χ3n) is 5.84. The Labute approximate surface area is 212 Å². The molecule has 1 heterocycles. The van der Waals surface area contributed by atoms with Gasteiger partial charge in [0, 0.05) is 25.7 Å². The van der Waals surface area contributed by atoms with E-state index in [0.717, 1.165) is 11.1 Å². The minimum absolute atomic E-state index is 0.0605. The number of carbonyl (C=O) groups is 3. The number of hydrogen-bond donors (Lipinski definition) is 2. The SMILES string of the molecule is CC(CCNC(=O)OCc1ccccc1)CC(=O)NCCC(C(=O)c1ccccn1)c1ccccc1. The molecule has 2 N–H and O–H groups in total. The maximum atomic E-state index is 13.1. The normalized spacial score (nSPS) is 12.2. The van der Waals surface area contributed by atoms with E-state index in [1.165, 1.54) is 0 Å². The highest BCUT2D eigenvalue weighted by Crippen LogP contribution is 2.23. The van der Waals surface area contributed by atoms with Crippen molar-refractivity contribution in [3.63, 3.8) is 0 Å². The monoisotopic (exact) mass is 487 g/mol. The van der Waals surface area contributed by atoms with Gasteiger partial charge in [-0.25, -0.2) is 4.79 Å². The van der Waals surface area contributed by atoms with Crippen LogP contribution in [0.3, 0.4) is 0 Å². The highest BCUT2D eigenvalue weighted by atomic mass is 16.5. The van der Waals surface area contributed by atoms with Crippen molar-refractivity contribution >= 4 is 17.8 Å². The van der Waals surface area contributed by atoms with Crippen LogP contribution in [0.4, 0.5) is 4.79 Å². The molecule has 0 aliphatic rings. The summed E-state index contributed by atoms with van der Waals surface area (Å²) in [6.45, 7) is 3.00. The molecule has 188 valence electrons. The van der Waals surface area contributed by atoms with E-state index in [9.17, 15) is 14.4 Å². The number of benzene rings is 2. The number of amides is 2. The van der Waals surface area contributed by atoms with Crippen LogP contribution in [0, 0.1) is 5.92 Å². The van der Waals surface area contributed by atoms with Crippen LogP contribution in [-0.4, -0.2) is 35.9 Å². The molecule has 0 bridgehead atoms. The number of hydrogen-bond acceptors (Lipinski definition) is 5. The summed E-state index contributed by atoms with van der Waals surface area (Å²) >= 11 is 0. The molecule has 2 aromatic carbocycles. The molecule has 2 unspecified atom stereocenters. The number of ketones is 1. The second kappa shape index (κ2) is 14.4. The number of rotatable bonds is 13. The number of Topliss-reactive ketones (excluding diaryl/α,β-unsaturated/α-hetero) is 1. The van der Waals surface area contributed by atoms with E-state index in [1.807, 2.05) is 67.6 Å². The lowest BCUT2D eigenvalue weighted by Gasteiger charge is -2.17. The molecule has 0 radical (unpaired) electrons. The van der Waals surface area contributed by atoms with Crippen molar-refractivity contribution in [1.82, 2.24) is 15.6 Å². The second-order valence-corrected chi connectivity index (χ2v) is 8.77. The quantitative estimate of drug-likeness (QED) is 0.334. The van der Waals surface area contributed by atoms with Gasteiger partial charge in [-0.15, -0.1) is 0 Å².